The Hall–Kier alpha value is -1.22. The molecule has 0 aromatic heterocycles. The molecular formula is C21H34O3. The minimum Gasteiger partial charge on any atom is -0.508 e. The van der Waals surface area contributed by atoms with E-state index < -0.39 is 5.60 Å². The normalized spacial score (nSPS) is 25.0. The molecule has 3 atom stereocenters. The zero-order chi connectivity index (χ0) is 17.9. The second kappa shape index (κ2) is 7.77. The number of aromatic hydroxyl groups is 2. The molecule has 1 aromatic rings. The second-order valence-corrected chi connectivity index (χ2v) is 8.29. The molecule has 2 rings (SSSR count). The molecular weight excluding hydrogens is 300 g/mol. The zero-order valence-corrected chi connectivity index (χ0v) is 15.7. The van der Waals surface area contributed by atoms with Gasteiger partial charge in [0.15, 0.2) is 0 Å². The Morgan fingerprint density at radius 2 is 1.71 bits per heavy atom. The Kier molecular flexibility index (Phi) is 6.19. The summed E-state index contributed by atoms with van der Waals surface area (Å²) in [5.74, 6) is 0.969. The lowest BCUT2D eigenvalue weighted by molar-refractivity contribution is -0.0168. The second-order valence-electron chi connectivity index (χ2n) is 8.29. The van der Waals surface area contributed by atoms with Crippen molar-refractivity contribution < 1.29 is 15.3 Å². The monoisotopic (exact) mass is 334 g/mol. The fraction of sp³-hybridized carbons (Fsp3) is 0.714. The Bertz CT molecular complexity index is 522. The first-order chi connectivity index (χ1) is 11.2. The molecule has 1 aromatic carbocycles. The van der Waals surface area contributed by atoms with Gasteiger partial charge in [-0.25, -0.2) is 0 Å². The summed E-state index contributed by atoms with van der Waals surface area (Å²) < 4.78 is 0. The molecule has 0 saturated heterocycles. The Morgan fingerprint density at radius 3 is 2.25 bits per heavy atom. The summed E-state index contributed by atoms with van der Waals surface area (Å²) in [6.45, 7) is 8.06. The van der Waals surface area contributed by atoms with Crippen LogP contribution in [0.5, 0.6) is 11.5 Å². The van der Waals surface area contributed by atoms with Crippen LogP contribution in [-0.4, -0.2) is 20.9 Å². The number of rotatable bonds is 6. The number of aliphatic hydroxyl groups is 1. The van der Waals surface area contributed by atoms with Crippen LogP contribution < -0.4 is 0 Å². The standard InChI is InChI=1S/C21H34O3/c1-5-6-7-8-15-12-18(22)20(19(23)13-15)16-11-14(2)9-10-17(16)21(3,4)24/h12-14,16-17,22-24H,5-11H2,1-4H3/t14?,16-,17-/m1/s1. The van der Waals surface area contributed by atoms with Crippen molar-refractivity contribution in [2.24, 2.45) is 11.8 Å². The van der Waals surface area contributed by atoms with E-state index in [1.165, 1.54) is 0 Å². The smallest absolute Gasteiger partial charge is 0.123 e. The quantitative estimate of drug-likeness (QED) is 0.633. The lowest BCUT2D eigenvalue weighted by atomic mass is 9.65. The van der Waals surface area contributed by atoms with Crippen LogP contribution in [-0.2, 0) is 6.42 Å². The first-order valence-corrected chi connectivity index (χ1v) is 9.51. The van der Waals surface area contributed by atoms with E-state index in [4.69, 9.17) is 0 Å². The predicted molar refractivity (Wildman–Crippen MR) is 98.5 cm³/mol. The predicted octanol–water partition coefficient (Wildman–Crippen LogP) is 5.12. The van der Waals surface area contributed by atoms with Gasteiger partial charge in [0.2, 0.25) is 0 Å². The Labute approximate surface area is 146 Å². The molecule has 136 valence electrons. The van der Waals surface area contributed by atoms with E-state index in [2.05, 4.69) is 13.8 Å². The summed E-state index contributed by atoms with van der Waals surface area (Å²) in [6, 6.07) is 3.62. The van der Waals surface area contributed by atoms with Crippen molar-refractivity contribution in [1.29, 1.82) is 0 Å². The molecule has 1 aliphatic rings. The van der Waals surface area contributed by atoms with Gasteiger partial charge in [0, 0.05) is 5.56 Å². The summed E-state index contributed by atoms with van der Waals surface area (Å²) in [5.41, 5.74) is 0.808. The molecule has 0 spiro atoms. The maximum absolute atomic E-state index is 10.6. The van der Waals surface area contributed by atoms with Crippen LogP contribution in [0.2, 0.25) is 0 Å². The molecule has 0 aliphatic heterocycles. The molecule has 3 nitrogen and oxygen atoms in total. The molecule has 0 bridgehead atoms. The first kappa shape index (κ1) is 19.1. The Morgan fingerprint density at radius 1 is 1.08 bits per heavy atom. The van der Waals surface area contributed by atoms with Gasteiger partial charge in [0.05, 0.1) is 5.60 Å². The third-order valence-electron chi connectivity index (χ3n) is 5.66. The molecule has 1 unspecified atom stereocenters. The number of hydrogen-bond acceptors (Lipinski definition) is 3. The van der Waals surface area contributed by atoms with Crippen LogP contribution in [0.15, 0.2) is 12.1 Å². The highest BCUT2D eigenvalue weighted by Gasteiger charge is 2.40. The lowest BCUT2D eigenvalue weighted by Gasteiger charge is -2.42. The molecule has 3 heteroatoms. The molecule has 1 saturated carbocycles. The zero-order valence-electron chi connectivity index (χ0n) is 15.7. The van der Waals surface area contributed by atoms with Crippen LogP contribution in [0.4, 0.5) is 0 Å². The van der Waals surface area contributed by atoms with Crippen LogP contribution in [0.3, 0.4) is 0 Å². The van der Waals surface area contributed by atoms with Crippen molar-refractivity contribution in [1.82, 2.24) is 0 Å². The average molecular weight is 334 g/mol. The largest absolute Gasteiger partial charge is 0.508 e. The van der Waals surface area contributed by atoms with Gasteiger partial charge >= 0.3 is 0 Å². The van der Waals surface area contributed by atoms with Gasteiger partial charge in [-0.2, -0.15) is 0 Å². The third-order valence-corrected chi connectivity index (χ3v) is 5.66. The fourth-order valence-corrected chi connectivity index (χ4v) is 4.33. The van der Waals surface area contributed by atoms with Crippen LogP contribution >= 0.6 is 0 Å². The van der Waals surface area contributed by atoms with Gasteiger partial charge in [0.25, 0.3) is 0 Å². The molecule has 3 N–H and O–H groups in total. The van der Waals surface area contributed by atoms with E-state index in [1.807, 2.05) is 26.0 Å². The van der Waals surface area contributed by atoms with Crippen molar-refractivity contribution in [3.63, 3.8) is 0 Å². The van der Waals surface area contributed by atoms with Gasteiger partial charge < -0.3 is 15.3 Å². The van der Waals surface area contributed by atoms with Crippen molar-refractivity contribution in [3.05, 3.63) is 23.3 Å². The SMILES string of the molecule is CCCCCc1cc(O)c([C@@H]2CC(C)CC[C@H]2C(C)(C)O)c(O)c1. The van der Waals surface area contributed by atoms with Gasteiger partial charge in [0.1, 0.15) is 11.5 Å². The van der Waals surface area contributed by atoms with E-state index in [-0.39, 0.29) is 23.3 Å². The van der Waals surface area contributed by atoms with Gasteiger partial charge in [-0.05, 0) is 75.0 Å². The summed E-state index contributed by atoms with van der Waals surface area (Å²) >= 11 is 0. The van der Waals surface area contributed by atoms with E-state index in [9.17, 15) is 15.3 Å². The number of benzene rings is 1. The highest BCUT2D eigenvalue weighted by atomic mass is 16.3. The van der Waals surface area contributed by atoms with Crippen molar-refractivity contribution in [2.45, 2.75) is 84.2 Å². The van der Waals surface area contributed by atoms with E-state index >= 15 is 0 Å². The number of phenolic OH excluding ortho intramolecular Hbond substituents is 2. The molecule has 0 radical (unpaired) electrons. The van der Waals surface area contributed by atoms with E-state index in [0.29, 0.717) is 11.5 Å². The number of aryl methyl sites for hydroxylation is 1. The van der Waals surface area contributed by atoms with Crippen molar-refractivity contribution >= 4 is 0 Å². The summed E-state index contributed by atoms with van der Waals surface area (Å²) in [6.07, 6.45) is 7.17. The molecule has 0 heterocycles. The fourth-order valence-electron chi connectivity index (χ4n) is 4.33. The van der Waals surface area contributed by atoms with E-state index in [0.717, 1.165) is 50.5 Å². The lowest BCUT2D eigenvalue weighted by Crippen LogP contribution is -2.38. The topological polar surface area (TPSA) is 60.7 Å². The number of phenols is 2. The summed E-state index contributed by atoms with van der Waals surface area (Å²) in [4.78, 5) is 0. The number of hydrogen-bond donors (Lipinski definition) is 3. The maximum atomic E-state index is 10.6. The number of unbranched alkanes of at least 4 members (excludes halogenated alkanes) is 2. The molecule has 1 aliphatic carbocycles. The highest BCUT2D eigenvalue weighted by Crippen LogP contribution is 2.50. The van der Waals surface area contributed by atoms with Crippen LogP contribution in [0, 0.1) is 11.8 Å². The maximum Gasteiger partial charge on any atom is 0.123 e. The third kappa shape index (κ3) is 4.44. The van der Waals surface area contributed by atoms with E-state index in [1.54, 1.807) is 0 Å². The van der Waals surface area contributed by atoms with Crippen LogP contribution in [0.25, 0.3) is 0 Å². The minimum absolute atomic E-state index is 0.00144. The van der Waals surface area contributed by atoms with Crippen molar-refractivity contribution in [3.8, 4) is 11.5 Å². The van der Waals surface area contributed by atoms with Gasteiger partial charge in [-0.1, -0.05) is 33.1 Å². The van der Waals surface area contributed by atoms with Crippen LogP contribution in [0.1, 0.15) is 83.3 Å². The minimum atomic E-state index is -0.816. The highest BCUT2D eigenvalue weighted by molar-refractivity contribution is 5.49. The van der Waals surface area contributed by atoms with Gasteiger partial charge in [-0.15, -0.1) is 0 Å². The molecule has 1 fully saturated rings. The molecule has 24 heavy (non-hydrogen) atoms. The van der Waals surface area contributed by atoms with Crippen molar-refractivity contribution in [2.75, 3.05) is 0 Å². The average Bonchev–Trinajstić information content (AvgIpc) is 2.45. The molecule has 0 amide bonds. The summed E-state index contributed by atoms with van der Waals surface area (Å²) in [7, 11) is 0. The Balaban J connectivity index is 2.31. The first-order valence-electron chi connectivity index (χ1n) is 9.51. The van der Waals surface area contributed by atoms with Gasteiger partial charge in [-0.3, -0.25) is 0 Å². The summed E-state index contributed by atoms with van der Waals surface area (Å²) in [5, 5.41) is 31.8.